The first-order chi connectivity index (χ1) is 15.4. The minimum absolute atomic E-state index is 0.0275. The lowest BCUT2D eigenvalue weighted by Gasteiger charge is -2.38. The molecule has 0 aliphatic carbocycles. The van der Waals surface area contributed by atoms with E-state index in [0.717, 1.165) is 12.8 Å². The lowest BCUT2D eigenvalue weighted by molar-refractivity contribution is 0.0684. The van der Waals surface area contributed by atoms with Crippen molar-refractivity contribution < 1.29 is 28.2 Å². The van der Waals surface area contributed by atoms with Crippen molar-refractivity contribution >= 4 is 26.0 Å². The molecule has 1 atom stereocenters. The van der Waals surface area contributed by atoms with Crippen LogP contribution < -0.4 is 14.8 Å². The van der Waals surface area contributed by atoms with Gasteiger partial charge in [-0.15, -0.1) is 0 Å². The highest BCUT2D eigenvalue weighted by Gasteiger charge is 2.39. The Kier molecular flexibility index (Phi) is 8.96. The van der Waals surface area contributed by atoms with Crippen molar-refractivity contribution in [2.75, 3.05) is 39.3 Å². The minimum Gasteiger partial charge on any atom is -0.493 e. The number of likely N-dealkylation sites (tertiary alicyclic amines) is 1. The van der Waals surface area contributed by atoms with Gasteiger partial charge in [-0.2, -0.15) is 0 Å². The van der Waals surface area contributed by atoms with E-state index in [-0.39, 0.29) is 23.6 Å². The summed E-state index contributed by atoms with van der Waals surface area (Å²) >= 11 is 0. The summed E-state index contributed by atoms with van der Waals surface area (Å²) in [7, 11) is 1.05. The molecule has 1 fully saturated rings. The van der Waals surface area contributed by atoms with Crippen molar-refractivity contribution in [3.8, 4) is 11.5 Å². The molecule has 1 N–H and O–H groups in total. The van der Waals surface area contributed by atoms with Crippen molar-refractivity contribution in [3.05, 3.63) is 30.4 Å². The quantitative estimate of drug-likeness (QED) is 0.394. The summed E-state index contributed by atoms with van der Waals surface area (Å²) in [6, 6.07) is 3.13. The van der Waals surface area contributed by atoms with Gasteiger partial charge >= 0.3 is 6.09 Å². The average molecular weight is 479 g/mol. The number of benzene rings is 1. The average Bonchev–Trinajstić information content (AvgIpc) is 3.23. The Labute approximate surface area is 198 Å². The third kappa shape index (κ3) is 6.51. The second kappa shape index (κ2) is 11.1. The highest BCUT2D eigenvalue weighted by Crippen LogP contribution is 2.38. The molecule has 1 aromatic rings. The Morgan fingerprint density at radius 3 is 2.42 bits per heavy atom. The van der Waals surface area contributed by atoms with Gasteiger partial charge < -0.3 is 23.5 Å². The zero-order valence-corrected chi connectivity index (χ0v) is 21.9. The van der Waals surface area contributed by atoms with Crippen molar-refractivity contribution in [3.63, 3.8) is 0 Å². The summed E-state index contributed by atoms with van der Waals surface area (Å²) < 4.78 is 22.2. The SMILES string of the molecule is C=CCOC(=O)Nc1cc(OC)c(OC)cc1C(=O)N1CCC[C@H]1CO[Si](C)(C)C(C)(C)C. The maximum Gasteiger partial charge on any atom is 0.411 e. The molecule has 1 aliphatic heterocycles. The second-order valence-electron chi connectivity index (χ2n) is 9.63. The third-order valence-corrected chi connectivity index (χ3v) is 10.9. The predicted octanol–water partition coefficient (Wildman–Crippen LogP) is 5.06. The number of methoxy groups -OCH3 is 2. The fraction of sp³-hybridized carbons (Fsp3) is 0.583. The van der Waals surface area contributed by atoms with Crippen molar-refractivity contribution in [1.29, 1.82) is 0 Å². The van der Waals surface area contributed by atoms with Crippen LogP contribution in [0.3, 0.4) is 0 Å². The van der Waals surface area contributed by atoms with Gasteiger partial charge in [0.2, 0.25) is 0 Å². The van der Waals surface area contributed by atoms with Gasteiger partial charge in [0.05, 0.1) is 38.1 Å². The van der Waals surface area contributed by atoms with Crippen molar-refractivity contribution in [2.45, 2.75) is 57.8 Å². The fourth-order valence-electron chi connectivity index (χ4n) is 3.39. The highest BCUT2D eigenvalue weighted by atomic mass is 28.4. The van der Waals surface area contributed by atoms with Crippen LogP contribution in [0.5, 0.6) is 11.5 Å². The van der Waals surface area contributed by atoms with E-state index in [1.807, 2.05) is 4.90 Å². The van der Waals surface area contributed by atoms with Crippen LogP contribution in [-0.4, -0.2) is 65.2 Å². The Balaban J connectivity index is 2.31. The van der Waals surface area contributed by atoms with Crippen LogP contribution in [0, 0.1) is 0 Å². The zero-order valence-electron chi connectivity index (χ0n) is 20.9. The van der Waals surface area contributed by atoms with E-state index in [2.05, 4.69) is 45.8 Å². The summed E-state index contributed by atoms with van der Waals surface area (Å²) in [5.41, 5.74) is 0.602. The van der Waals surface area contributed by atoms with Gasteiger partial charge in [0.25, 0.3) is 5.91 Å². The zero-order chi connectivity index (χ0) is 24.8. The first-order valence-corrected chi connectivity index (χ1v) is 14.1. The molecule has 0 bridgehead atoms. The number of hydrogen-bond acceptors (Lipinski definition) is 6. The summed E-state index contributed by atoms with van der Waals surface area (Å²) in [6.45, 7) is 15.7. The first kappa shape index (κ1) is 26.7. The van der Waals surface area contributed by atoms with Crippen LogP contribution in [0.4, 0.5) is 10.5 Å². The minimum atomic E-state index is -1.94. The molecule has 8 nitrogen and oxygen atoms in total. The molecule has 2 rings (SSSR count). The van der Waals surface area contributed by atoms with Gasteiger partial charge in [0.15, 0.2) is 19.8 Å². The van der Waals surface area contributed by atoms with Crippen LogP contribution in [0.1, 0.15) is 44.0 Å². The molecule has 33 heavy (non-hydrogen) atoms. The molecular formula is C24H38N2O6Si. The molecule has 184 valence electrons. The molecule has 1 aromatic carbocycles. The van der Waals surface area contributed by atoms with E-state index in [1.165, 1.54) is 20.3 Å². The van der Waals surface area contributed by atoms with Crippen LogP contribution >= 0.6 is 0 Å². The lowest BCUT2D eigenvalue weighted by atomic mass is 10.1. The van der Waals surface area contributed by atoms with Gasteiger partial charge in [-0.3, -0.25) is 10.1 Å². The Morgan fingerprint density at radius 1 is 1.21 bits per heavy atom. The molecule has 1 saturated heterocycles. The normalized spacial score (nSPS) is 16.3. The monoisotopic (exact) mass is 478 g/mol. The number of nitrogens with one attached hydrogen (secondary N) is 1. The van der Waals surface area contributed by atoms with Gasteiger partial charge in [-0.05, 0) is 37.0 Å². The number of nitrogens with zero attached hydrogens (tertiary/aromatic N) is 1. The molecular weight excluding hydrogens is 440 g/mol. The molecule has 9 heteroatoms. The summed E-state index contributed by atoms with van der Waals surface area (Å²) in [6.07, 6.45) is 2.56. The van der Waals surface area contributed by atoms with E-state index >= 15 is 0 Å². The number of hydrogen-bond donors (Lipinski definition) is 1. The van der Waals surface area contributed by atoms with E-state index in [9.17, 15) is 9.59 Å². The number of carbonyl (C=O) groups excluding carboxylic acids is 2. The molecule has 1 heterocycles. The van der Waals surface area contributed by atoms with Crippen LogP contribution in [0.2, 0.25) is 18.1 Å². The van der Waals surface area contributed by atoms with Gasteiger partial charge in [-0.1, -0.05) is 33.4 Å². The van der Waals surface area contributed by atoms with Gasteiger partial charge in [0.1, 0.15) is 6.61 Å². The van der Waals surface area contributed by atoms with Crippen molar-refractivity contribution in [1.82, 2.24) is 4.90 Å². The summed E-state index contributed by atoms with van der Waals surface area (Å²) in [4.78, 5) is 27.7. The number of rotatable bonds is 9. The molecule has 0 saturated carbocycles. The van der Waals surface area contributed by atoms with Gasteiger partial charge in [-0.25, -0.2) is 4.79 Å². The number of anilines is 1. The van der Waals surface area contributed by atoms with Crippen LogP contribution in [-0.2, 0) is 9.16 Å². The Bertz CT molecular complexity index is 865. The molecule has 2 amide bonds. The number of carbonyl (C=O) groups is 2. The first-order valence-electron chi connectivity index (χ1n) is 11.2. The predicted molar refractivity (Wildman–Crippen MR) is 132 cm³/mol. The maximum absolute atomic E-state index is 13.6. The maximum atomic E-state index is 13.6. The van der Waals surface area contributed by atoms with Gasteiger partial charge in [0, 0.05) is 12.6 Å². The summed E-state index contributed by atoms with van der Waals surface area (Å²) in [5, 5.41) is 2.74. The molecule has 0 radical (unpaired) electrons. The van der Waals surface area contributed by atoms with E-state index in [0.29, 0.717) is 35.9 Å². The highest BCUT2D eigenvalue weighted by molar-refractivity contribution is 6.74. The molecule has 0 spiro atoms. The number of amides is 2. The van der Waals surface area contributed by atoms with E-state index < -0.39 is 14.4 Å². The molecule has 1 aliphatic rings. The van der Waals surface area contributed by atoms with Crippen LogP contribution in [0.15, 0.2) is 24.8 Å². The largest absolute Gasteiger partial charge is 0.493 e. The second-order valence-corrected chi connectivity index (χ2v) is 14.4. The topological polar surface area (TPSA) is 86.3 Å². The third-order valence-electron chi connectivity index (χ3n) is 6.40. The standard InChI is InChI=1S/C24H38N2O6Si/c1-9-13-31-23(28)25-19-15-21(30-6)20(29-5)14-18(19)22(27)26-12-10-11-17(26)16-32-33(7,8)24(2,3)4/h9,14-15,17H,1,10-13,16H2,2-8H3,(H,25,28)/t17-/m0/s1. The molecule has 0 unspecified atom stereocenters. The summed E-state index contributed by atoms with van der Waals surface area (Å²) in [5.74, 6) is 0.600. The smallest absolute Gasteiger partial charge is 0.411 e. The Hall–Kier alpha value is -2.52. The fourth-order valence-corrected chi connectivity index (χ4v) is 4.43. The van der Waals surface area contributed by atoms with Crippen LogP contribution in [0.25, 0.3) is 0 Å². The molecule has 0 aromatic heterocycles. The Morgan fingerprint density at radius 2 is 1.85 bits per heavy atom. The van der Waals surface area contributed by atoms with E-state index in [1.54, 1.807) is 12.1 Å². The lowest BCUT2D eigenvalue weighted by Crippen LogP contribution is -2.46. The van der Waals surface area contributed by atoms with Crippen molar-refractivity contribution in [2.24, 2.45) is 0 Å². The van der Waals surface area contributed by atoms with E-state index in [4.69, 9.17) is 18.6 Å². The number of ether oxygens (including phenoxy) is 3.